The number of ether oxygens (including phenoxy) is 1. The van der Waals surface area contributed by atoms with E-state index in [1.165, 1.54) is 4.40 Å². The molecule has 176 valence electrons. The molecule has 1 N–H and O–H groups in total. The summed E-state index contributed by atoms with van der Waals surface area (Å²) in [7, 11) is 0. The Kier molecular flexibility index (Phi) is 5.56. The van der Waals surface area contributed by atoms with E-state index in [9.17, 15) is 9.59 Å². The largest absolute Gasteiger partial charge is 0.436 e. The van der Waals surface area contributed by atoms with Gasteiger partial charge in [-0.1, -0.05) is 35.9 Å². The second-order valence-electron chi connectivity index (χ2n) is 8.80. The Hall–Kier alpha value is -4.46. The number of fused-ring (bicyclic) bond motifs is 3. The van der Waals surface area contributed by atoms with Gasteiger partial charge in [-0.2, -0.15) is 0 Å². The number of benzene rings is 3. The van der Waals surface area contributed by atoms with E-state index in [0.717, 1.165) is 26.9 Å². The number of hydrogen-bond donors (Lipinski definition) is 1. The van der Waals surface area contributed by atoms with Crippen LogP contribution in [0.15, 0.2) is 65.5 Å². The minimum absolute atomic E-state index is 0.194. The van der Waals surface area contributed by atoms with Crippen LogP contribution < -0.4 is 15.7 Å². The number of hydrogen-bond acceptors (Lipinski definition) is 5. The van der Waals surface area contributed by atoms with Gasteiger partial charge in [0.25, 0.3) is 5.88 Å². The van der Waals surface area contributed by atoms with Crippen LogP contribution in [0.25, 0.3) is 16.7 Å². The summed E-state index contributed by atoms with van der Waals surface area (Å²) in [6.07, 6.45) is 0. The highest BCUT2D eigenvalue weighted by Gasteiger charge is 2.19. The summed E-state index contributed by atoms with van der Waals surface area (Å²) in [4.78, 5) is 30.8. The number of nitrogens with one attached hydrogen (secondary N) is 1. The molecule has 3 aromatic carbocycles. The highest BCUT2D eigenvalue weighted by atomic mass is 16.5. The molecule has 5 aromatic rings. The van der Waals surface area contributed by atoms with Gasteiger partial charge in [-0.3, -0.25) is 4.79 Å². The van der Waals surface area contributed by atoms with E-state index in [4.69, 9.17) is 4.74 Å². The maximum Gasteiger partial charge on any atom is 0.351 e. The van der Waals surface area contributed by atoms with E-state index in [1.807, 2.05) is 76.2 Å². The van der Waals surface area contributed by atoms with Crippen LogP contribution >= 0.6 is 0 Å². The van der Waals surface area contributed by atoms with Crippen molar-refractivity contribution in [2.45, 2.75) is 34.2 Å². The molecule has 8 nitrogen and oxygen atoms in total. The predicted octanol–water partition coefficient (Wildman–Crippen LogP) is 4.71. The summed E-state index contributed by atoms with van der Waals surface area (Å²) in [6.45, 7) is 7.64. The molecule has 0 bridgehead atoms. The molecule has 0 aliphatic heterocycles. The lowest BCUT2D eigenvalue weighted by atomic mass is 10.1. The Morgan fingerprint density at radius 1 is 0.943 bits per heavy atom. The highest BCUT2D eigenvalue weighted by molar-refractivity contribution is 5.91. The summed E-state index contributed by atoms with van der Waals surface area (Å²) in [5, 5.41) is 7.31. The molecule has 0 aliphatic carbocycles. The fourth-order valence-corrected chi connectivity index (χ4v) is 4.23. The number of para-hydroxylation sites is 2. The lowest BCUT2D eigenvalue weighted by Crippen LogP contribution is -2.28. The van der Waals surface area contributed by atoms with Crippen LogP contribution in [0.5, 0.6) is 11.6 Å². The van der Waals surface area contributed by atoms with Crippen LogP contribution in [0.3, 0.4) is 0 Å². The van der Waals surface area contributed by atoms with Gasteiger partial charge in [0, 0.05) is 5.69 Å². The van der Waals surface area contributed by atoms with Crippen molar-refractivity contribution in [3.05, 3.63) is 93.4 Å². The van der Waals surface area contributed by atoms with Gasteiger partial charge in [-0.25, -0.2) is 18.9 Å². The second kappa shape index (κ2) is 8.72. The molecule has 0 spiro atoms. The van der Waals surface area contributed by atoms with Crippen molar-refractivity contribution in [1.82, 2.24) is 19.2 Å². The molecule has 5 rings (SSSR count). The molecule has 0 saturated heterocycles. The molecule has 1 amide bonds. The van der Waals surface area contributed by atoms with Crippen molar-refractivity contribution in [2.75, 3.05) is 5.32 Å². The minimum Gasteiger partial charge on any atom is -0.436 e. The normalized spacial score (nSPS) is 11.2. The third-order valence-corrected chi connectivity index (χ3v) is 5.73. The molecule has 0 fully saturated rings. The molecule has 2 heterocycles. The van der Waals surface area contributed by atoms with Gasteiger partial charge >= 0.3 is 5.69 Å². The number of amides is 1. The van der Waals surface area contributed by atoms with Gasteiger partial charge in [0.15, 0.2) is 0 Å². The van der Waals surface area contributed by atoms with Crippen molar-refractivity contribution in [2.24, 2.45) is 0 Å². The molecule has 0 saturated carbocycles. The van der Waals surface area contributed by atoms with Crippen LogP contribution in [-0.4, -0.2) is 25.1 Å². The van der Waals surface area contributed by atoms with Crippen molar-refractivity contribution in [3.63, 3.8) is 0 Å². The number of rotatable bonds is 5. The lowest BCUT2D eigenvalue weighted by Gasteiger charge is -2.09. The number of anilines is 1. The van der Waals surface area contributed by atoms with E-state index in [0.29, 0.717) is 22.5 Å². The SMILES string of the molecule is Cc1cc(C)cc(Oc2nc3ccccc3n3c(=O)n(CC(=O)Nc4ccc(C)cc4C)nc23)c1. The zero-order chi connectivity index (χ0) is 24.7. The summed E-state index contributed by atoms with van der Waals surface area (Å²) >= 11 is 0. The Morgan fingerprint density at radius 2 is 1.69 bits per heavy atom. The Bertz CT molecular complexity index is 1650. The number of aromatic nitrogens is 4. The Balaban J connectivity index is 1.56. The number of aryl methyl sites for hydroxylation is 4. The number of carbonyl (C=O) groups excluding carboxylic acids is 1. The predicted molar refractivity (Wildman–Crippen MR) is 135 cm³/mol. The quantitative estimate of drug-likeness (QED) is 0.404. The summed E-state index contributed by atoms with van der Waals surface area (Å²) in [6, 6.07) is 18.9. The molecule has 0 radical (unpaired) electrons. The molecule has 35 heavy (non-hydrogen) atoms. The molecule has 0 atom stereocenters. The summed E-state index contributed by atoms with van der Waals surface area (Å²) in [5.74, 6) is 0.442. The average Bonchev–Trinajstić information content (AvgIpc) is 3.11. The fourth-order valence-electron chi connectivity index (χ4n) is 4.23. The maximum atomic E-state index is 13.4. The standard InChI is InChI=1S/C27H25N5O3/c1-16-9-10-21(19(4)12-16)28-24(33)15-31-27(34)32-23-8-6-5-7-22(23)29-26(25(32)30-31)35-20-13-17(2)11-18(3)14-20/h5-14H,15H2,1-4H3,(H,28,33). The Morgan fingerprint density at radius 3 is 2.43 bits per heavy atom. The van der Waals surface area contributed by atoms with Crippen LogP contribution in [0.1, 0.15) is 22.3 Å². The first-order valence-corrected chi connectivity index (χ1v) is 11.3. The molecule has 2 aromatic heterocycles. The van der Waals surface area contributed by atoms with E-state index < -0.39 is 5.69 Å². The zero-order valence-corrected chi connectivity index (χ0v) is 20.0. The van der Waals surface area contributed by atoms with Crippen molar-refractivity contribution >= 4 is 28.3 Å². The summed E-state index contributed by atoms with van der Waals surface area (Å²) in [5.41, 5.74) is 5.80. The summed E-state index contributed by atoms with van der Waals surface area (Å²) < 4.78 is 8.68. The van der Waals surface area contributed by atoms with Gasteiger partial charge in [-0.15, -0.1) is 5.10 Å². The van der Waals surface area contributed by atoms with E-state index >= 15 is 0 Å². The molecular formula is C27H25N5O3. The van der Waals surface area contributed by atoms with Crippen molar-refractivity contribution in [3.8, 4) is 11.6 Å². The van der Waals surface area contributed by atoms with Gasteiger partial charge in [0.1, 0.15) is 12.3 Å². The van der Waals surface area contributed by atoms with E-state index in [1.54, 1.807) is 12.1 Å². The molecule has 0 unspecified atom stereocenters. The third kappa shape index (κ3) is 4.38. The zero-order valence-electron chi connectivity index (χ0n) is 20.0. The smallest absolute Gasteiger partial charge is 0.351 e. The third-order valence-electron chi connectivity index (χ3n) is 5.73. The van der Waals surface area contributed by atoms with Gasteiger partial charge in [0.05, 0.1) is 11.0 Å². The first-order valence-electron chi connectivity index (χ1n) is 11.3. The Labute approximate surface area is 201 Å². The maximum absolute atomic E-state index is 13.4. The fraction of sp³-hybridized carbons (Fsp3) is 0.185. The van der Waals surface area contributed by atoms with Crippen LogP contribution in [-0.2, 0) is 11.3 Å². The first kappa shape index (κ1) is 22.3. The van der Waals surface area contributed by atoms with Crippen molar-refractivity contribution in [1.29, 1.82) is 0 Å². The average molecular weight is 468 g/mol. The van der Waals surface area contributed by atoms with Crippen LogP contribution in [0.4, 0.5) is 5.69 Å². The lowest BCUT2D eigenvalue weighted by molar-refractivity contribution is -0.117. The van der Waals surface area contributed by atoms with Gasteiger partial charge in [0.2, 0.25) is 11.6 Å². The number of nitrogens with zero attached hydrogens (tertiary/aromatic N) is 4. The van der Waals surface area contributed by atoms with Crippen LogP contribution in [0, 0.1) is 27.7 Å². The van der Waals surface area contributed by atoms with E-state index in [-0.39, 0.29) is 24.0 Å². The first-order chi connectivity index (χ1) is 16.8. The minimum atomic E-state index is -0.445. The van der Waals surface area contributed by atoms with Gasteiger partial charge in [-0.05, 0) is 74.7 Å². The van der Waals surface area contributed by atoms with E-state index in [2.05, 4.69) is 15.4 Å². The highest BCUT2D eigenvalue weighted by Crippen LogP contribution is 2.27. The molecule has 0 aliphatic rings. The van der Waals surface area contributed by atoms with Crippen molar-refractivity contribution < 1.29 is 9.53 Å². The van der Waals surface area contributed by atoms with Crippen LogP contribution in [0.2, 0.25) is 0 Å². The van der Waals surface area contributed by atoms with Gasteiger partial charge < -0.3 is 10.1 Å². The number of carbonyl (C=O) groups is 1. The topological polar surface area (TPSA) is 90.5 Å². The monoisotopic (exact) mass is 467 g/mol. The second-order valence-corrected chi connectivity index (χ2v) is 8.80. The molecular weight excluding hydrogens is 442 g/mol. The molecule has 8 heteroatoms.